The predicted octanol–water partition coefficient (Wildman–Crippen LogP) is 3.82. The zero-order chi connectivity index (χ0) is 21.3. The lowest BCUT2D eigenvalue weighted by atomic mass is 9.76. The Bertz CT molecular complexity index is 963. The molecule has 2 amide bonds. The number of aromatic nitrogens is 1. The third kappa shape index (κ3) is 3.83. The van der Waals surface area contributed by atoms with Crippen molar-refractivity contribution in [3.63, 3.8) is 0 Å². The van der Waals surface area contributed by atoms with Crippen molar-refractivity contribution in [1.29, 1.82) is 0 Å². The molecule has 4 rings (SSSR count). The number of carbonyl (C=O) groups is 2. The summed E-state index contributed by atoms with van der Waals surface area (Å²) in [5.74, 6) is -0.229. The molecule has 30 heavy (non-hydrogen) atoms. The normalized spacial score (nSPS) is 23.8. The van der Waals surface area contributed by atoms with E-state index in [9.17, 15) is 14.0 Å². The molecule has 0 aliphatic carbocycles. The molecule has 2 aromatic rings. The number of benzene rings is 1. The van der Waals surface area contributed by atoms with Crippen molar-refractivity contribution >= 4 is 11.8 Å². The van der Waals surface area contributed by atoms with Crippen LogP contribution >= 0.6 is 0 Å². The SMILES string of the molecule is CC(=O)N1CCC[C@@H]2N(C(=O)c3cncc(Cc4cccc(F)c4)c3)CCC[C@@]21C. The highest BCUT2D eigenvalue weighted by Gasteiger charge is 2.49. The molecule has 0 spiro atoms. The summed E-state index contributed by atoms with van der Waals surface area (Å²) in [5.41, 5.74) is 1.95. The number of hydrogen-bond donors (Lipinski definition) is 0. The number of amides is 2. The van der Waals surface area contributed by atoms with Gasteiger partial charge >= 0.3 is 0 Å². The Balaban J connectivity index is 1.57. The van der Waals surface area contributed by atoms with E-state index < -0.39 is 0 Å². The summed E-state index contributed by atoms with van der Waals surface area (Å²) >= 11 is 0. The minimum atomic E-state index is -0.315. The van der Waals surface area contributed by atoms with Gasteiger partial charge in [0.25, 0.3) is 5.91 Å². The monoisotopic (exact) mass is 409 g/mol. The van der Waals surface area contributed by atoms with Gasteiger partial charge < -0.3 is 9.80 Å². The first-order chi connectivity index (χ1) is 14.4. The van der Waals surface area contributed by atoms with E-state index in [2.05, 4.69) is 11.9 Å². The molecule has 0 bridgehead atoms. The van der Waals surface area contributed by atoms with Crippen molar-refractivity contribution in [1.82, 2.24) is 14.8 Å². The molecule has 2 fully saturated rings. The summed E-state index contributed by atoms with van der Waals surface area (Å²) < 4.78 is 13.5. The van der Waals surface area contributed by atoms with Gasteiger partial charge in [-0.1, -0.05) is 12.1 Å². The maximum Gasteiger partial charge on any atom is 0.255 e. The first-order valence-electron chi connectivity index (χ1n) is 10.7. The second-order valence-corrected chi connectivity index (χ2v) is 8.68. The molecule has 1 aromatic carbocycles. The summed E-state index contributed by atoms with van der Waals surface area (Å²) in [6.07, 6.45) is 7.45. The highest BCUT2D eigenvalue weighted by Crippen LogP contribution is 2.39. The first kappa shape index (κ1) is 20.5. The number of nitrogens with zero attached hydrogens (tertiary/aromatic N) is 3. The van der Waals surface area contributed by atoms with Crippen LogP contribution in [0.1, 0.15) is 61.0 Å². The molecule has 5 nitrogen and oxygen atoms in total. The molecular weight excluding hydrogens is 381 g/mol. The predicted molar refractivity (Wildman–Crippen MR) is 113 cm³/mol. The Morgan fingerprint density at radius 1 is 1.17 bits per heavy atom. The van der Waals surface area contributed by atoms with E-state index in [0.29, 0.717) is 18.5 Å². The standard InChI is InChI=1S/C24H28FN3O2/c1-17(29)28-11-4-8-22-24(28,2)9-5-10-27(22)23(30)20-13-19(15-26-16-20)12-18-6-3-7-21(25)14-18/h3,6-7,13-16,22H,4-5,8-12H2,1-2H3/t22-,24-/m0/s1. The molecule has 158 valence electrons. The topological polar surface area (TPSA) is 53.5 Å². The van der Waals surface area contributed by atoms with Crippen molar-refractivity contribution < 1.29 is 14.0 Å². The Kier molecular flexibility index (Phi) is 5.58. The van der Waals surface area contributed by atoms with Crippen LogP contribution in [0.25, 0.3) is 0 Å². The van der Waals surface area contributed by atoms with Gasteiger partial charge in [-0.05, 0) is 68.4 Å². The molecule has 3 heterocycles. The minimum absolute atomic E-state index is 0.0169. The van der Waals surface area contributed by atoms with Crippen LogP contribution in [0.2, 0.25) is 0 Å². The zero-order valence-corrected chi connectivity index (χ0v) is 17.6. The highest BCUT2D eigenvalue weighted by atomic mass is 19.1. The number of halogens is 1. The van der Waals surface area contributed by atoms with Crippen molar-refractivity contribution in [3.05, 3.63) is 65.2 Å². The van der Waals surface area contributed by atoms with E-state index in [1.165, 1.54) is 12.1 Å². The molecular formula is C24H28FN3O2. The number of pyridine rings is 1. The molecule has 2 aliphatic rings. The summed E-state index contributed by atoms with van der Waals surface area (Å²) in [5, 5.41) is 0. The maximum atomic E-state index is 13.5. The second kappa shape index (κ2) is 8.17. The lowest BCUT2D eigenvalue weighted by Gasteiger charge is -2.56. The van der Waals surface area contributed by atoms with Crippen LogP contribution in [0.3, 0.4) is 0 Å². The van der Waals surface area contributed by atoms with E-state index in [0.717, 1.165) is 43.4 Å². The summed E-state index contributed by atoms with van der Waals surface area (Å²) in [6.45, 7) is 5.19. The van der Waals surface area contributed by atoms with Gasteiger partial charge in [-0.3, -0.25) is 14.6 Å². The molecule has 0 unspecified atom stereocenters. The van der Waals surface area contributed by atoms with Crippen molar-refractivity contribution in [3.8, 4) is 0 Å². The highest BCUT2D eigenvalue weighted by molar-refractivity contribution is 5.94. The van der Waals surface area contributed by atoms with Gasteiger partial charge in [-0.2, -0.15) is 0 Å². The van der Waals surface area contributed by atoms with Crippen LogP contribution in [0.5, 0.6) is 0 Å². The number of likely N-dealkylation sites (tertiary alicyclic amines) is 2. The molecule has 0 N–H and O–H groups in total. The lowest BCUT2D eigenvalue weighted by Crippen LogP contribution is -2.67. The fraction of sp³-hybridized carbons (Fsp3) is 0.458. The third-order valence-electron chi connectivity index (χ3n) is 6.63. The molecule has 0 saturated carbocycles. The zero-order valence-electron chi connectivity index (χ0n) is 17.6. The Labute approximate surface area is 176 Å². The minimum Gasteiger partial charge on any atom is -0.335 e. The van der Waals surface area contributed by atoms with Crippen LogP contribution in [0.4, 0.5) is 4.39 Å². The van der Waals surface area contributed by atoms with Gasteiger partial charge in [0, 0.05) is 32.4 Å². The molecule has 0 radical (unpaired) electrons. The Hall–Kier alpha value is -2.76. The van der Waals surface area contributed by atoms with E-state index in [-0.39, 0.29) is 29.2 Å². The van der Waals surface area contributed by atoms with Crippen molar-refractivity contribution in [2.75, 3.05) is 13.1 Å². The van der Waals surface area contributed by atoms with E-state index in [1.54, 1.807) is 25.4 Å². The molecule has 2 saturated heterocycles. The van der Waals surface area contributed by atoms with Gasteiger partial charge in [0.15, 0.2) is 0 Å². The van der Waals surface area contributed by atoms with Crippen LogP contribution < -0.4 is 0 Å². The summed E-state index contributed by atoms with van der Waals surface area (Å²) in [4.78, 5) is 33.9. The number of hydrogen-bond acceptors (Lipinski definition) is 3. The quantitative estimate of drug-likeness (QED) is 0.775. The van der Waals surface area contributed by atoms with Crippen LogP contribution in [-0.2, 0) is 11.2 Å². The van der Waals surface area contributed by atoms with Gasteiger partial charge in [0.1, 0.15) is 5.82 Å². The van der Waals surface area contributed by atoms with Crippen LogP contribution in [-0.4, -0.2) is 51.3 Å². The Morgan fingerprint density at radius 3 is 2.77 bits per heavy atom. The molecule has 2 aliphatic heterocycles. The Morgan fingerprint density at radius 2 is 2.00 bits per heavy atom. The average Bonchev–Trinajstić information content (AvgIpc) is 2.72. The smallest absolute Gasteiger partial charge is 0.255 e. The number of rotatable bonds is 3. The van der Waals surface area contributed by atoms with Crippen molar-refractivity contribution in [2.24, 2.45) is 0 Å². The summed E-state index contributed by atoms with van der Waals surface area (Å²) in [6, 6.07) is 8.35. The van der Waals surface area contributed by atoms with Gasteiger partial charge in [0.05, 0.1) is 17.1 Å². The van der Waals surface area contributed by atoms with Crippen molar-refractivity contribution in [2.45, 2.75) is 57.5 Å². The van der Waals surface area contributed by atoms with Crippen LogP contribution in [0.15, 0.2) is 42.7 Å². The number of fused-ring (bicyclic) bond motifs is 1. The van der Waals surface area contributed by atoms with E-state index in [4.69, 9.17) is 0 Å². The van der Waals surface area contributed by atoms with Gasteiger partial charge in [-0.15, -0.1) is 0 Å². The first-order valence-corrected chi connectivity index (χ1v) is 10.7. The van der Waals surface area contributed by atoms with E-state index >= 15 is 0 Å². The maximum absolute atomic E-state index is 13.5. The lowest BCUT2D eigenvalue weighted by molar-refractivity contribution is -0.143. The van der Waals surface area contributed by atoms with E-state index in [1.807, 2.05) is 21.9 Å². The number of piperidine rings is 2. The fourth-order valence-electron chi connectivity index (χ4n) is 5.26. The summed E-state index contributed by atoms with van der Waals surface area (Å²) in [7, 11) is 0. The fourth-order valence-corrected chi connectivity index (χ4v) is 5.26. The average molecular weight is 410 g/mol. The van der Waals surface area contributed by atoms with Crippen LogP contribution in [0, 0.1) is 5.82 Å². The number of carbonyl (C=O) groups excluding carboxylic acids is 2. The van der Waals surface area contributed by atoms with Gasteiger partial charge in [0.2, 0.25) is 5.91 Å². The molecule has 1 aromatic heterocycles. The molecule has 2 atom stereocenters. The third-order valence-corrected chi connectivity index (χ3v) is 6.63. The largest absolute Gasteiger partial charge is 0.335 e. The molecule has 6 heteroatoms. The second-order valence-electron chi connectivity index (χ2n) is 8.68. The van der Waals surface area contributed by atoms with Gasteiger partial charge in [-0.25, -0.2) is 4.39 Å².